The van der Waals surface area contributed by atoms with Crippen molar-refractivity contribution < 1.29 is 0 Å². The fourth-order valence-corrected chi connectivity index (χ4v) is 3.35. The monoisotopic (exact) mass is 225 g/mol. The molecule has 3 heterocycles. The summed E-state index contributed by atoms with van der Waals surface area (Å²) in [6, 6.07) is 4.78. The lowest BCUT2D eigenvalue weighted by molar-refractivity contribution is 0.353. The molecule has 86 valence electrons. The molecular formula is C14H15N3. The van der Waals surface area contributed by atoms with Crippen LogP contribution in [0.4, 0.5) is 0 Å². The maximum atomic E-state index is 4.36. The van der Waals surface area contributed by atoms with Crippen LogP contribution < -0.4 is 0 Å². The number of aromatic nitrogens is 2. The van der Waals surface area contributed by atoms with Crippen LogP contribution in [0.15, 0.2) is 30.6 Å². The summed E-state index contributed by atoms with van der Waals surface area (Å²) in [5.74, 6) is 0.752. The summed E-state index contributed by atoms with van der Waals surface area (Å²) in [5, 5.41) is 1.25. The van der Waals surface area contributed by atoms with E-state index in [2.05, 4.69) is 40.3 Å². The van der Waals surface area contributed by atoms with Crippen LogP contribution in [0.3, 0.4) is 0 Å². The Balaban J connectivity index is 1.88. The number of nitrogens with one attached hydrogen (secondary N) is 1. The standard InChI is InChI=1S/C14H15N3/c1-17-8-9-5-11(13(17)6-9)12-7-16-14-10(12)3-2-4-15-14/h2-5,7,9,13H,6,8H2,1H3,(H,15,16). The van der Waals surface area contributed by atoms with Gasteiger partial charge in [-0.3, -0.25) is 4.90 Å². The first kappa shape index (κ1) is 9.42. The van der Waals surface area contributed by atoms with Crippen molar-refractivity contribution in [2.45, 2.75) is 12.5 Å². The van der Waals surface area contributed by atoms with Gasteiger partial charge in [-0.15, -0.1) is 0 Å². The summed E-state index contributed by atoms with van der Waals surface area (Å²) in [5.41, 5.74) is 3.82. The zero-order chi connectivity index (χ0) is 11.4. The van der Waals surface area contributed by atoms with E-state index in [9.17, 15) is 0 Å². The maximum Gasteiger partial charge on any atom is 0.137 e. The second kappa shape index (κ2) is 3.20. The molecule has 2 unspecified atom stereocenters. The number of pyridine rings is 1. The molecule has 0 radical (unpaired) electrons. The van der Waals surface area contributed by atoms with Crippen molar-refractivity contribution in [3.8, 4) is 0 Å². The van der Waals surface area contributed by atoms with E-state index in [1.54, 1.807) is 0 Å². The van der Waals surface area contributed by atoms with Crippen LogP contribution in [0, 0.1) is 5.92 Å². The van der Waals surface area contributed by atoms with E-state index < -0.39 is 0 Å². The molecule has 1 fully saturated rings. The molecule has 4 rings (SSSR count). The fraction of sp³-hybridized carbons (Fsp3) is 0.357. The van der Waals surface area contributed by atoms with E-state index >= 15 is 0 Å². The zero-order valence-corrected chi connectivity index (χ0v) is 9.85. The first-order valence-corrected chi connectivity index (χ1v) is 6.17. The van der Waals surface area contributed by atoms with E-state index in [1.807, 2.05) is 12.3 Å². The average molecular weight is 225 g/mol. The highest BCUT2D eigenvalue weighted by Crippen LogP contribution is 2.42. The quantitative estimate of drug-likeness (QED) is 0.807. The summed E-state index contributed by atoms with van der Waals surface area (Å²) in [6.07, 6.45) is 7.70. The number of hydrogen-bond donors (Lipinski definition) is 1. The Bertz CT molecular complexity index is 611. The molecule has 0 spiro atoms. The van der Waals surface area contributed by atoms with Crippen LogP contribution in [0.25, 0.3) is 16.6 Å². The molecule has 2 aromatic heterocycles. The van der Waals surface area contributed by atoms with Crippen molar-refractivity contribution in [1.29, 1.82) is 0 Å². The third-order valence-corrected chi connectivity index (χ3v) is 4.12. The molecule has 2 bridgehead atoms. The summed E-state index contributed by atoms with van der Waals surface area (Å²) < 4.78 is 0. The number of likely N-dealkylation sites (tertiary alicyclic amines) is 1. The van der Waals surface area contributed by atoms with E-state index in [1.165, 1.54) is 29.5 Å². The van der Waals surface area contributed by atoms with Crippen LogP contribution >= 0.6 is 0 Å². The second-order valence-electron chi connectivity index (χ2n) is 5.18. The lowest BCUT2D eigenvalue weighted by Crippen LogP contribution is -2.27. The zero-order valence-electron chi connectivity index (χ0n) is 9.85. The van der Waals surface area contributed by atoms with Gasteiger partial charge >= 0.3 is 0 Å². The third-order valence-electron chi connectivity index (χ3n) is 4.12. The Morgan fingerprint density at radius 3 is 3.24 bits per heavy atom. The molecule has 1 N–H and O–H groups in total. The van der Waals surface area contributed by atoms with Crippen LogP contribution in [0.5, 0.6) is 0 Å². The van der Waals surface area contributed by atoms with Gasteiger partial charge in [0.05, 0.1) is 0 Å². The Morgan fingerprint density at radius 2 is 2.41 bits per heavy atom. The summed E-state index contributed by atoms with van der Waals surface area (Å²) in [4.78, 5) is 10.1. The van der Waals surface area contributed by atoms with Crippen LogP contribution in [-0.2, 0) is 0 Å². The van der Waals surface area contributed by atoms with Gasteiger partial charge in [-0.25, -0.2) is 4.98 Å². The van der Waals surface area contributed by atoms with Gasteiger partial charge in [0.2, 0.25) is 0 Å². The normalized spacial score (nSPS) is 27.9. The van der Waals surface area contributed by atoms with Gasteiger partial charge < -0.3 is 4.98 Å². The average Bonchev–Trinajstić information content (AvgIpc) is 2.99. The van der Waals surface area contributed by atoms with E-state index in [-0.39, 0.29) is 0 Å². The second-order valence-corrected chi connectivity index (χ2v) is 5.18. The minimum atomic E-state index is 0.610. The predicted molar refractivity (Wildman–Crippen MR) is 68.6 cm³/mol. The van der Waals surface area contributed by atoms with E-state index in [4.69, 9.17) is 0 Å². The van der Waals surface area contributed by atoms with E-state index in [0.717, 1.165) is 11.6 Å². The SMILES string of the molecule is CN1CC2C=C(c3c[nH]c4ncccc34)C1C2. The highest BCUT2D eigenvalue weighted by atomic mass is 15.2. The van der Waals surface area contributed by atoms with Gasteiger partial charge in [0, 0.05) is 35.9 Å². The number of aromatic amines is 1. The van der Waals surface area contributed by atoms with Crippen molar-refractivity contribution in [2.75, 3.05) is 13.6 Å². The van der Waals surface area contributed by atoms with Gasteiger partial charge in [0.25, 0.3) is 0 Å². The van der Waals surface area contributed by atoms with Crippen molar-refractivity contribution in [3.05, 3.63) is 36.2 Å². The van der Waals surface area contributed by atoms with Gasteiger partial charge in [0.1, 0.15) is 5.65 Å². The molecule has 3 heteroatoms. The molecule has 0 amide bonds. The molecule has 2 atom stereocenters. The molecule has 2 aromatic rings. The first-order valence-electron chi connectivity index (χ1n) is 6.17. The Hall–Kier alpha value is -1.61. The Morgan fingerprint density at radius 1 is 1.47 bits per heavy atom. The topological polar surface area (TPSA) is 31.9 Å². The highest BCUT2D eigenvalue weighted by molar-refractivity contribution is 5.92. The Kier molecular flexibility index (Phi) is 1.77. The molecule has 1 saturated heterocycles. The van der Waals surface area contributed by atoms with Crippen molar-refractivity contribution >= 4 is 16.6 Å². The van der Waals surface area contributed by atoms with Crippen molar-refractivity contribution in [2.24, 2.45) is 5.92 Å². The molecule has 3 nitrogen and oxygen atoms in total. The maximum absolute atomic E-state index is 4.36. The number of fused-ring (bicyclic) bond motifs is 3. The van der Waals surface area contributed by atoms with Gasteiger partial charge in [-0.05, 0) is 37.1 Å². The van der Waals surface area contributed by atoms with E-state index in [0.29, 0.717) is 6.04 Å². The van der Waals surface area contributed by atoms with Crippen molar-refractivity contribution in [3.63, 3.8) is 0 Å². The molecular weight excluding hydrogens is 210 g/mol. The molecule has 0 saturated carbocycles. The minimum absolute atomic E-state index is 0.610. The lowest BCUT2D eigenvalue weighted by Gasteiger charge is -2.23. The minimum Gasteiger partial charge on any atom is -0.346 e. The predicted octanol–water partition coefficient (Wildman–Crippen LogP) is 2.28. The van der Waals surface area contributed by atoms with Crippen LogP contribution in [0.2, 0.25) is 0 Å². The number of hydrogen-bond acceptors (Lipinski definition) is 2. The summed E-state index contributed by atoms with van der Waals surface area (Å²) in [7, 11) is 2.23. The summed E-state index contributed by atoms with van der Waals surface area (Å²) in [6.45, 7) is 1.22. The third kappa shape index (κ3) is 1.23. The Labute approximate surface area is 100 Å². The molecule has 1 aliphatic carbocycles. The first-order chi connectivity index (χ1) is 8.33. The largest absolute Gasteiger partial charge is 0.346 e. The fourth-order valence-electron chi connectivity index (χ4n) is 3.35. The van der Waals surface area contributed by atoms with Crippen molar-refractivity contribution in [1.82, 2.24) is 14.9 Å². The van der Waals surface area contributed by atoms with Crippen LogP contribution in [0.1, 0.15) is 12.0 Å². The van der Waals surface area contributed by atoms with Gasteiger partial charge in [0.15, 0.2) is 0 Å². The molecule has 0 aromatic carbocycles. The number of likely N-dealkylation sites (N-methyl/N-ethyl adjacent to an activating group) is 1. The van der Waals surface area contributed by atoms with Gasteiger partial charge in [-0.1, -0.05) is 6.08 Å². The summed E-state index contributed by atoms with van der Waals surface area (Å²) >= 11 is 0. The number of H-pyrrole nitrogens is 1. The smallest absolute Gasteiger partial charge is 0.137 e. The lowest BCUT2D eigenvalue weighted by atomic mass is 10.0. The molecule has 1 aliphatic heterocycles. The van der Waals surface area contributed by atoms with Crippen LogP contribution in [-0.4, -0.2) is 34.5 Å². The molecule has 17 heavy (non-hydrogen) atoms. The number of rotatable bonds is 1. The van der Waals surface area contributed by atoms with Gasteiger partial charge in [-0.2, -0.15) is 0 Å². The highest BCUT2D eigenvalue weighted by Gasteiger charge is 2.37. The number of nitrogens with zero attached hydrogens (tertiary/aromatic N) is 2. The molecule has 2 aliphatic rings.